The number of likely N-dealkylation sites (tertiary alicyclic amines) is 1. The number of hydrogen-bond donors (Lipinski definition) is 1. The van der Waals surface area contributed by atoms with Crippen molar-refractivity contribution in [3.8, 4) is 0 Å². The van der Waals surface area contributed by atoms with Crippen molar-refractivity contribution in [3.05, 3.63) is 82.4 Å². The van der Waals surface area contributed by atoms with Gasteiger partial charge in [0.05, 0.1) is 16.1 Å². The Labute approximate surface area is 173 Å². The first-order chi connectivity index (χ1) is 13.8. The number of amides is 1. The highest BCUT2D eigenvalue weighted by atomic mass is 35.5. The van der Waals surface area contributed by atoms with Gasteiger partial charge in [-0.1, -0.05) is 48.0 Å². The number of rotatable bonds is 6. The van der Waals surface area contributed by atoms with Crippen molar-refractivity contribution in [1.82, 2.24) is 10.2 Å². The molecule has 0 radical (unpaired) electrons. The molecule has 1 N–H and O–H groups in total. The van der Waals surface area contributed by atoms with Crippen LogP contribution in [-0.2, 0) is 12.7 Å². The highest BCUT2D eigenvalue weighted by Gasteiger charge is 2.34. The fourth-order valence-corrected chi connectivity index (χ4v) is 3.97. The Morgan fingerprint density at radius 2 is 1.97 bits per heavy atom. The number of carbonyl (C=O) groups excluding carboxylic acids is 1. The molecule has 2 aromatic carbocycles. The van der Waals surface area contributed by atoms with Crippen LogP contribution in [-0.4, -0.2) is 23.9 Å². The molecular weight excluding hydrogens is 401 g/mol. The van der Waals surface area contributed by atoms with E-state index in [4.69, 9.17) is 11.6 Å². The third-order valence-electron chi connectivity index (χ3n) is 5.09. The summed E-state index contributed by atoms with van der Waals surface area (Å²) in [7, 11) is 0. The maximum atomic E-state index is 13.0. The quantitative estimate of drug-likeness (QED) is 0.613. The van der Waals surface area contributed by atoms with E-state index in [1.165, 1.54) is 17.7 Å². The fourth-order valence-electron chi connectivity index (χ4n) is 3.65. The second-order valence-electron chi connectivity index (χ2n) is 7.03. The van der Waals surface area contributed by atoms with Crippen LogP contribution in [0.15, 0.2) is 55.1 Å². The Kier molecular flexibility index (Phi) is 6.65. The summed E-state index contributed by atoms with van der Waals surface area (Å²) in [5, 5.41) is 2.05. The van der Waals surface area contributed by atoms with E-state index >= 15 is 0 Å². The van der Waals surface area contributed by atoms with Gasteiger partial charge in [0, 0.05) is 19.1 Å². The van der Waals surface area contributed by atoms with Crippen LogP contribution >= 0.6 is 11.6 Å². The molecule has 3 rings (SSSR count). The standard InChI is InChI=1S/C22H22ClF3N2O/c1-2-12-28-13-4-7-19(28)16-10-8-15(9-11-16)14-27-21(29)17-5-3-6-18(20(17)23)22(24,25)26/h2-3,5-6,8-11,19H,1,4,7,12-14H2,(H,27,29). The number of nitrogens with zero attached hydrogens (tertiary/aromatic N) is 1. The van der Waals surface area contributed by atoms with Crippen LogP contribution < -0.4 is 5.32 Å². The second-order valence-corrected chi connectivity index (χ2v) is 7.41. The van der Waals surface area contributed by atoms with Gasteiger partial charge in [-0.15, -0.1) is 6.58 Å². The van der Waals surface area contributed by atoms with Crippen LogP contribution in [0.1, 0.15) is 45.9 Å². The molecule has 29 heavy (non-hydrogen) atoms. The number of alkyl halides is 3. The molecule has 0 aromatic heterocycles. The van der Waals surface area contributed by atoms with Crippen molar-refractivity contribution in [2.24, 2.45) is 0 Å². The maximum Gasteiger partial charge on any atom is 0.417 e. The zero-order valence-electron chi connectivity index (χ0n) is 15.8. The molecule has 7 heteroatoms. The van der Waals surface area contributed by atoms with E-state index in [1.54, 1.807) is 0 Å². The molecule has 0 saturated carbocycles. The molecule has 1 aliphatic heterocycles. The summed E-state index contributed by atoms with van der Waals surface area (Å²) in [5.74, 6) is -0.641. The van der Waals surface area contributed by atoms with E-state index < -0.39 is 22.7 Å². The lowest BCUT2D eigenvalue weighted by atomic mass is 10.0. The smallest absolute Gasteiger partial charge is 0.348 e. The van der Waals surface area contributed by atoms with Gasteiger partial charge in [-0.25, -0.2) is 0 Å². The molecule has 0 bridgehead atoms. The normalized spacial score (nSPS) is 17.3. The first-order valence-electron chi connectivity index (χ1n) is 9.39. The lowest BCUT2D eigenvalue weighted by Gasteiger charge is -2.23. The average molecular weight is 423 g/mol. The van der Waals surface area contributed by atoms with Crippen LogP contribution in [0, 0.1) is 0 Å². The van der Waals surface area contributed by atoms with Crippen molar-refractivity contribution < 1.29 is 18.0 Å². The number of hydrogen-bond acceptors (Lipinski definition) is 2. The molecule has 1 aliphatic rings. The first kappa shape index (κ1) is 21.4. The van der Waals surface area contributed by atoms with Crippen molar-refractivity contribution in [2.45, 2.75) is 31.6 Å². The Bertz CT molecular complexity index is 881. The molecule has 2 aromatic rings. The van der Waals surface area contributed by atoms with Crippen molar-refractivity contribution >= 4 is 17.5 Å². The fraction of sp³-hybridized carbons (Fsp3) is 0.318. The molecule has 1 atom stereocenters. The topological polar surface area (TPSA) is 32.3 Å². The maximum absolute atomic E-state index is 13.0. The predicted molar refractivity (Wildman–Crippen MR) is 108 cm³/mol. The first-order valence-corrected chi connectivity index (χ1v) is 9.76. The zero-order valence-corrected chi connectivity index (χ0v) is 16.6. The van der Waals surface area contributed by atoms with Crippen LogP contribution in [0.2, 0.25) is 5.02 Å². The third kappa shape index (κ3) is 5.00. The van der Waals surface area contributed by atoms with Crippen LogP contribution in [0.4, 0.5) is 13.2 Å². The SMILES string of the molecule is C=CCN1CCCC1c1ccc(CNC(=O)c2cccc(C(F)(F)F)c2Cl)cc1. The Hall–Kier alpha value is -2.31. The van der Waals surface area contributed by atoms with Gasteiger partial charge in [-0.3, -0.25) is 9.69 Å². The van der Waals surface area contributed by atoms with E-state index in [2.05, 4.69) is 16.8 Å². The summed E-state index contributed by atoms with van der Waals surface area (Å²) < 4.78 is 38.9. The van der Waals surface area contributed by atoms with E-state index in [1.807, 2.05) is 30.3 Å². The van der Waals surface area contributed by atoms with Gasteiger partial charge in [-0.05, 0) is 42.6 Å². The minimum absolute atomic E-state index is 0.191. The average Bonchev–Trinajstić information content (AvgIpc) is 3.14. The van der Waals surface area contributed by atoms with E-state index in [0.29, 0.717) is 6.04 Å². The van der Waals surface area contributed by atoms with Crippen LogP contribution in [0.3, 0.4) is 0 Å². The molecule has 1 heterocycles. The number of nitrogens with one attached hydrogen (secondary N) is 1. The van der Waals surface area contributed by atoms with Gasteiger partial charge in [0.1, 0.15) is 0 Å². The van der Waals surface area contributed by atoms with Gasteiger partial charge >= 0.3 is 6.18 Å². The summed E-state index contributed by atoms with van der Waals surface area (Å²) in [6.45, 7) is 5.90. The van der Waals surface area contributed by atoms with Gasteiger partial charge in [0.15, 0.2) is 0 Å². The lowest BCUT2D eigenvalue weighted by molar-refractivity contribution is -0.137. The molecule has 154 valence electrons. The molecule has 3 nitrogen and oxygen atoms in total. The summed E-state index contributed by atoms with van der Waals surface area (Å²) in [6.07, 6.45) is -0.462. The summed E-state index contributed by atoms with van der Waals surface area (Å²) in [4.78, 5) is 14.7. The summed E-state index contributed by atoms with van der Waals surface area (Å²) in [6, 6.07) is 11.6. The van der Waals surface area contributed by atoms with Crippen LogP contribution in [0.25, 0.3) is 0 Å². The predicted octanol–water partition coefficient (Wildman–Crippen LogP) is 5.61. The highest BCUT2D eigenvalue weighted by Crippen LogP contribution is 2.36. The molecule has 1 fully saturated rings. The minimum Gasteiger partial charge on any atom is -0.348 e. The molecule has 0 aliphatic carbocycles. The van der Waals surface area contributed by atoms with E-state index in [0.717, 1.165) is 37.6 Å². The Morgan fingerprint density at radius 3 is 2.62 bits per heavy atom. The van der Waals surface area contributed by atoms with Gasteiger partial charge in [0.2, 0.25) is 0 Å². The Balaban J connectivity index is 1.65. The van der Waals surface area contributed by atoms with E-state index in [-0.39, 0.29) is 12.1 Å². The van der Waals surface area contributed by atoms with Gasteiger partial charge < -0.3 is 5.32 Å². The summed E-state index contributed by atoms with van der Waals surface area (Å²) in [5.41, 5.74) is 0.861. The summed E-state index contributed by atoms with van der Waals surface area (Å²) >= 11 is 5.81. The minimum atomic E-state index is -4.61. The Morgan fingerprint density at radius 1 is 1.24 bits per heavy atom. The van der Waals surface area contributed by atoms with Gasteiger partial charge in [-0.2, -0.15) is 13.2 Å². The van der Waals surface area contributed by atoms with Crippen LogP contribution in [0.5, 0.6) is 0 Å². The lowest BCUT2D eigenvalue weighted by Crippen LogP contribution is -2.24. The molecule has 0 spiro atoms. The monoisotopic (exact) mass is 422 g/mol. The molecule has 1 unspecified atom stereocenters. The number of carbonyl (C=O) groups is 1. The number of halogens is 4. The molecular formula is C22H22ClF3N2O. The zero-order chi connectivity index (χ0) is 21.0. The third-order valence-corrected chi connectivity index (χ3v) is 5.50. The van der Waals surface area contributed by atoms with Crippen molar-refractivity contribution in [2.75, 3.05) is 13.1 Å². The molecule has 1 amide bonds. The molecule has 1 saturated heterocycles. The van der Waals surface area contributed by atoms with Crippen molar-refractivity contribution in [1.29, 1.82) is 0 Å². The van der Waals surface area contributed by atoms with Gasteiger partial charge in [0.25, 0.3) is 5.91 Å². The van der Waals surface area contributed by atoms with Crippen molar-refractivity contribution in [3.63, 3.8) is 0 Å². The van der Waals surface area contributed by atoms with E-state index in [9.17, 15) is 18.0 Å². The largest absolute Gasteiger partial charge is 0.417 e. The second kappa shape index (κ2) is 9.01. The highest BCUT2D eigenvalue weighted by molar-refractivity contribution is 6.34. The number of benzene rings is 2.